The highest BCUT2D eigenvalue weighted by molar-refractivity contribution is 7.91. The largest absolute Gasteiger partial charge is 0.314 e. The van der Waals surface area contributed by atoms with Gasteiger partial charge in [-0.1, -0.05) is 25.4 Å². The molecule has 2 heterocycles. The summed E-state index contributed by atoms with van der Waals surface area (Å²) < 4.78 is 27.9. The zero-order chi connectivity index (χ0) is 15.6. The average molecular weight is 351 g/mol. The molecule has 0 amide bonds. The van der Waals surface area contributed by atoms with Crippen molar-refractivity contribution in [2.75, 3.05) is 19.6 Å². The molecule has 21 heavy (non-hydrogen) atoms. The van der Waals surface area contributed by atoms with Gasteiger partial charge in [0.2, 0.25) is 0 Å². The van der Waals surface area contributed by atoms with Crippen molar-refractivity contribution in [1.29, 1.82) is 0 Å². The molecule has 0 spiro atoms. The summed E-state index contributed by atoms with van der Waals surface area (Å²) in [5.41, 5.74) is 0.827. The molecule has 1 aromatic heterocycles. The van der Waals surface area contributed by atoms with Crippen molar-refractivity contribution in [3.8, 4) is 0 Å². The third-order valence-electron chi connectivity index (χ3n) is 3.95. The van der Waals surface area contributed by atoms with Crippen molar-refractivity contribution in [3.05, 3.63) is 16.0 Å². The minimum absolute atomic E-state index is 0.316. The van der Waals surface area contributed by atoms with Crippen LogP contribution in [0.1, 0.15) is 32.3 Å². The Bertz CT molecular complexity index is 566. The number of piperidine rings is 1. The SMILES string of the molecule is CCCNC1CCN(S(=O)(=O)c2cc(C)c(Cl)s2)CC1C. The van der Waals surface area contributed by atoms with Gasteiger partial charge in [0.05, 0.1) is 4.34 Å². The summed E-state index contributed by atoms with van der Waals surface area (Å²) in [6, 6.07) is 2.08. The van der Waals surface area contributed by atoms with E-state index in [-0.39, 0.29) is 0 Å². The van der Waals surface area contributed by atoms with Gasteiger partial charge in [-0.2, -0.15) is 4.31 Å². The number of hydrogen-bond acceptors (Lipinski definition) is 4. The summed E-state index contributed by atoms with van der Waals surface area (Å²) in [6.07, 6.45) is 1.96. The van der Waals surface area contributed by atoms with Crippen LogP contribution < -0.4 is 5.32 Å². The van der Waals surface area contributed by atoms with Gasteiger partial charge in [0.1, 0.15) is 4.21 Å². The molecule has 0 aromatic carbocycles. The Morgan fingerprint density at radius 2 is 2.24 bits per heavy atom. The maximum Gasteiger partial charge on any atom is 0.252 e. The van der Waals surface area contributed by atoms with E-state index in [1.165, 1.54) is 0 Å². The van der Waals surface area contributed by atoms with Crippen molar-refractivity contribution in [2.45, 2.75) is 43.9 Å². The smallest absolute Gasteiger partial charge is 0.252 e. The molecule has 120 valence electrons. The highest BCUT2D eigenvalue weighted by Crippen LogP contribution is 2.33. The van der Waals surface area contributed by atoms with E-state index in [1.807, 2.05) is 6.92 Å². The molecule has 1 fully saturated rings. The fourth-order valence-electron chi connectivity index (χ4n) is 2.64. The zero-order valence-electron chi connectivity index (χ0n) is 12.7. The summed E-state index contributed by atoms with van der Waals surface area (Å²) in [4.78, 5) is 0. The molecule has 0 radical (unpaired) electrons. The Hall–Kier alpha value is -0.140. The van der Waals surface area contributed by atoms with E-state index < -0.39 is 10.0 Å². The number of hydrogen-bond donors (Lipinski definition) is 1. The highest BCUT2D eigenvalue weighted by Gasteiger charge is 2.34. The fourth-order valence-corrected chi connectivity index (χ4v) is 6.06. The molecule has 2 atom stereocenters. The summed E-state index contributed by atoms with van der Waals surface area (Å²) in [5.74, 6) is 0.316. The van der Waals surface area contributed by atoms with Gasteiger partial charge in [0, 0.05) is 19.1 Å². The Kier molecular flexibility index (Phi) is 5.71. The van der Waals surface area contributed by atoms with Crippen LogP contribution in [0.25, 0.3) is 0 Å². The van der Waals surface area contributed by atoms with Crippen molar-refractivity contribution in [3.63, 3.8) is 0 Å². The molecule has 1 aliphatic rings. The topological polar surface area (TPSA) is 49.4 Å². The minimum atomic E-state index is -3.40. The maximum atomic E-state index is 12.7. The number of sulfonamides is 1. The third kappa shape index (κ3) is 3.79. The van der Waals surface area contributed by atoms with Crippen LogP contribution in [0.2, 0.25) is 4.34 Å². The standard InChI is InChI=1S/C14H23ClN2O2S2/c1-4-6-16-12-5-7-17(9-11(12)3)21(18,19)13-8-10(2)14(15)20-13/h8,11-12,16H,4-7,9H2,1-3H3. The van der Waals surface area contributed by atoms with Crippen LogP contribution in [0.15, 0.2) is 10.3 Å². The van der Waals surface area contributed by atoms with E-state index in [2.05, 4.69) is 19.2 Å². The van der Waals surface area contributed by atoms with E-state index in [0.29, 0.717) is 33.6 Å². The van der Waals surface area contributed by atoms with Gasteiger partial charge >= 0.3 is 0 Å². The normalized spacial score (nSPS) is 24.4. The van der Waals surface area contributed by atoms with Crippen LogP contribution >= 0.6 is 22.9 Å². The van der Waals surface area contributed by atoms with Crippen LogP contribution in [0.4, 0.5) is 0 Å². The first-order valence-corrected chi connectivity index (χ1v) is 9.99. The Labute approximate surface area is 136 Å². The molecule has 2 unspecified atom stereocenters. The second-order valence-corrected chi connectivity index (χ2v) is 9.53. The van der Waals surface area contributed by atoms with Crippen molar-refractivity contribution in [1.82, 2.24) is 9.62 Å². The van der Waals surface area contributed by atoms with Crippen LogP contribution in [-0.2, 0) is 10.0 Å². The van der Waals surface area contributed by atoms with Crippen molar-refractivity contribution in [2.24, 2.45) is 5.92 Å². The molecule has 2 rings (SSSR count). The van der Waals surface area contributed by atoms with E-state index in [1.54, 1.807) is 10.4 Å². The van der Waals surface area contributed by atoms with Crippen molar-refractivity contribution >= 4 is 33.0 Å². The molecule has 1 N–H and O–H groups in total. The summed E-state index contributed by atoms with van der Waals surface area (Å²) >= 11 is 7.16. The van der Waals surface area contributed by atoms with Crippen LogP contribution in [0, 0.1) is 12.8 Å². The number of nitrogens with one attached hydrogen (secondary N) is 1. The molecule has 4 nitrogen and oxygen atoms in total. The van der Waals surface area contributed by atoms with E-state index in [9.17, 15) is 8.42 Å². The summed E-state index contributed by atoms with van der Waals surface area (Å²) in [7, 11) is -3.40. The van der Waals surface area contributed by atoms with Gasteiger partial charge in [-0.05, 0) is 43.9 Å². The van der Waals surface area contributed by atoms with Crippen LogP contribution in [0.5, 0.6) is 0 Å². The number of aryl methyl sites for hydroxylation is 1. The lowest BCUT2D eigenvalue weighted by Crippen LogP contribution is -2.50. The summed E-state index contributed by atoms with van der Waals surface area (Å²) in [5, 5.41) is 3.51. The number of thiophene rings is 1. The average Bonchev–Trinajstić information content (AvgIpc) is 2.78. The monoisotopic (exact) mass is 350 g/mol. The number of nitrogens with zero attached hydrogens (tertiary/aromatic N) is 1. The van der Waals surface area contributed by atoms with Gasteiger partial charge in [0.25, 0.3) is 10.0 Å². The first-order chi connectivity index (χ1) is 9.86. The molecule has 7 heteroatoms. The van der Waals surface area contributed by atoms with Gasteiger partial charge in [-0.3, -0.25) is 0 Å². The van der Waals surface area contributed by atoms with E-state index in [4.69, 9.17) is 11.6 Å². The Morgan fingerprint density at radius 1 is 1.52 bits per heavy atom. The molecule has 0 saturated carbocycles. The first kappa shape index (κ1) is 17.2. The predicted octanol–water partition coefficient (Wildman–Crippen LogP) is 3.11. The third-order valence-corrected chi connectivity index (χ3v) is 7.82. The zero-order valence-corrected chi connectivity index (χ0v) is 15.1. The molecule has 1 aromatic rings. The maximum absolute atomic E-state index is 12.7. The molecule has 0 bridgehead atoms. The van der Waals surface area contributed by atoms with Gasteiger partial charge < -0.3 is 5.32 Å². The first-order valence-electron chi connectivity index (χ1n) is 7.35. The quantitative estimate of drug-likeness (QED) is 0.887. The second kappa shape index (κ2) is 6.96. The lowest BCUT2D eigenvalue weighted by atomic mass is 9.95. The lowest BCUT2D eigenvalue weighted by Gasteiger charge is -2.36. The molecule has 1 saturated heterocycles. The van der Waals surface area contributed by atoms with Crippen molar-refractivity contribution < 1.29 is 8.42 Å². The van der Waals surface area contributed by atoms with Gasteiger partial charge in [0.15, 0.2) is 0 Å². The highest BCUT2D eigenvalue weighted by atomic mass is 35.5. The Morgan fingerprint density at radius 3 is 2.76 bits per heavy atom. The van der Waals surface area contributed by atoms with E-state index in [0.717, 1.165) is 36.3 Å². The van der Waals surface area contributed by atoms with E-state index >= 15 is 0 Å². The van der Waals surface area contributed by atoms with Crippen LogP contribution in [0.3, 0.4) is 0 Å². The molecule has 1 aliphatic heterocycles. The lowest BCUT2D eigenvalue weighted by molar-refractivity contribution is 0.221. The molecule has 0 aliphatic carbocycles. The molecular weight excluding hydrogens is 328 g/mol. The Balaban J connectivity index is 2.09. The fraction of sp³-hybridized carbons (Fsp3) is 0.714. The minimum Gasteiger partial charge on any atom is -0.314 e. The molecular formula is C14H23ClN2O2S2. The van der Waals surface area contributed by atoms with Gasteiger partial charge in [-0.25, -0.2) is 8.42 Å². The summed E-state index contributed by atoms with van der Waals surface area (Å²) in [6.45, 7) is 8.21. The van der Waals surface area contributed by atoms with Gasteiger partial charge in [-0.15, -0.1) is 11.3 Å². The number of rotatable bonds is 5. The predicted molar refractivity (Wildman–Crippen MR) is 88.7 cm³/mol. The second-order valence-electron chi connectivity index (χ2n) is 5.71. The number of halogens is 1. The van der Waals surface area contributed by atoms with Crippen LogP contribution in [-0.4, -0.2) is 38.4 Å².